The third-order valence-electron chi connectivity index (χ3n) is 5.73. The maximum Gasteiger partial charge on any atom is 0.244 e. The minimum Gasteiger partial charge on any atom is -0.493 e. The Morgan fingerprint density at radius 1 is 1.00 bits per heavy atom. The quantitative estimate of drug-likeness (QED) is 0.168. The molecule has 0 saturated heterocycles. The van der Waals surface area contributed by atoms with Gasteiger partial charge in [0, 0.05) is 25.6 Å². The first-order chi connectivity index (χ1) is 17.2. The number of hydrogen-bond acceptors (Lipinski definition) is 3. The SMILES string of the molecule is C=CCc1ccccc1OCCCn1c(CCNC(=O)/C=C/c2ccccc2)nc2ccccc21. The van der Waals surface area contributed by atoms with Crippen LogP contribution in [0.2, 0.25) is 0 Å². The first-order valence-electron chi connectivity index (χ1n) is 12.0. The molecule has 1 aromatic heterocycles. The van der Waals surface area contributed by atoms with E-state index in [2.05, 4.69) is 28.6 Å². The number of aromatic nitrogens is 2. The molecule has 1 heterocycles. The number of benzene rings is 3. The molecule has 5 heteroatoms. The number of hydrogen-bond donors (Lipinski definition) is 1. The van der Waals surface area contributed by atoms with Crippen LogP contribution in [0.4, 0.5) is 0 Å². The highest BCUT2D eigenvalue weighted by atomic mass is 16.5. The van der Waals surface area contributed by atoms with E-state index in [1.165, 1.54) is 0 Å². The molecule has 0 atom stereocenters. The number of para-hydroxylation sites is 3. The summed E-state index contributed by atoms with van der Waals surface area (Å²) in [6.45, 7) is 5.76. The highest BCUT2D eigenvalue weighted by Crippen LogP contribution is 2.20. The zero-order valence-electron chi connectivity index (χ0n) is 19.9. The number of allylic oxidation sites excluding steroid dienone is 1. The first kappa shape index (κ1) is 24.0. The molecule has 5 nitrogen and oxygen atoms in total. The van der Waals surface area contributed by atoms with Crippen molar-refractivity contribution in [2.75, 3.05) is 13.2 Å². The van der Waals surface area contributed by atoms with Gasteiger partial charge in [-0.05, 0) is 48.2 Å². The normalized spacial score (nSPS) is 11.1. The lowest BCUT2D eigenvalue weighted by molar-refractivity contribution is -0.116. The number of fused-ring (bicyclic) bond motifs is 1. The molecule has 0 spiro atoms. The number of imidazole rings is 1. The maximum atomic E-state index is 12.2. The monoisotopic (exact) mass is 465 g/mol. The van der Waals surface area contributed by atoms with Crippen LogP contribution in [0.3, 0.4) is 0 Å². The summed E-state index contributed by atoms with van der Waals surface area (Å²) in [5.74, 6) is 1.77. The molecular formula is C30H31N3O2. The van der Waals surface area contributed by atoms with Crippen LogP contribution in [-0.2, 0) is 24.2 Å². The van der Waals surface area contributed by atoms with Gasteiger partial charge in [0.1, 0.15) is 11.6 Å². The zero-order valence-corrected chi connectivity index (χ0v) is 19.9. The molecule has 0 radical (unpaired) electrons. The van der Waals surface area contributed by atoms with Gasteiger partial charge in [0.15, 0.2) is 0 Å². The van der Waals surface area contributed by atoms with Gasteiger partial charge in [-0.1, -0.05) is 66.7 Å². The molecule has 0 aliphatic carbocycles. The molecule has 0 fully saturated rings. The topological polar surface area (TPSA) is 56.1 Å². The number of nitrogens with one attached hydrogen (secondary N) is 1. The minimum atomic E-state index is -0.108. The Morgan fingerprint density at radius 2 is 1.77 bits per heavy atom. The number of amides is 1. The van der Waals surface area contributed by atoms with Crippen molar-refractivity contribution in [2.24, 2.45) is 0 Å². The van der Waals surface area contributed by atoms with Crippen LogP contribution in [0.15, 0.2) is 97.6 Å². The Labute approximate surface area is 206 Å². The summed E-state index contributed by atoms with van der Waals surface area (Å²) in [6.07, 6.45) is 7.57. The van der Waals surface area contributed by atoms with E-state index >= 15 is 0 Å². The van der Waals surface area contributed by atoms with Crippen molar-refractivity contribution in [3.8, 4) is 5.75 Å². The highest BCUT2D eigenvalue weighted by molar-refractivity contribution is 5.91. The molecule has 178 valence electrons. The van der Waals surface area contributed by atoms with E-state index < -0.39 is 0 Å². The van der Waals surface area contributed by atoms with Crippen LogP contribution in [0, 0.1) is 0 Å². The molecule has 0 unspecified atom stereocenters. The second kappa shape index (κ2) is 12.4. The second-order valence-electron chi connectivity index (χ2n) is 8.26. The number of ether oxygens (including phenoxy) is 1. The van der Waals surface area contributed by atoms with E-state index in [4.69, 9.17) is 9.72 Å². The van der Waals surface area contributed by atoms with Crippen LogP contribution >= 0.6 is 0 Å². The van der Waals surface area contributed by atoms with Crippen molar-refractivity contribution < 1.29 is 9.53 Å². The average Bonchev–Trinajstić information content (AvgIpc) is 3.24. The van der Waals surface area contributed by atoms with Crippen molar-refractivity contribution in [3.63, 3.8) is 0 Å². The molecule has 3 aromatic carbocycles. The number of rotatable bonds is 12. The largest absolute Gasteiger partial charge is 0.493 e. The van der Waals surface area contributed by atoms with Crippen LogP contribution in [0.25, 0.3) is 17.1 Å². The van der Waals surface area contributed by atoms with Gasteiger partial charge < -0.3 is 14.6 Å². The third-order valence-corrected chi connectivity index (χ3v) is 5.73. The van der Waals surface area contributed by atoms with Gasteiger partial charge in [-0.25, -0.2) is 4.98 Å². The summed E-state index contributed by atoms with van der Waals surface area (Å²) < 4.78 is 8.31. The summed E-state index contributed by atoms with van der Waals surface area (Å²) in [4.78, 5) is 17.1. The Bertz CT molecular complexity index is 1290. The number of nitrogens with zero attached hydrogens (tertiary/aromatic N) is 2. The third kappa shape index (κ3) is 6.70. The van der Waals surface area contributed by atoms with E-state index in [-0.39, 0.29) is 5.91 Å². The summed E-state index contributed by atoms with van der Waals surface area (Å²) in [7, 11) is 0. The second-order valence-corrected chi connectivity index (χ2v) is 8.26. The first-order valence-corrected chi connectivity index (χ1v) is 12.0. The minimum absolute atomic E-state index is 0.108. The molecular weight excluding hydrogens is 434 g/mol. The van der Waals surface area contributed by atoms with Gasteiger partial charge in [0.05, 0.1) is 17.6 Å². The van der Waals surface area contributed by atoms with Crippen LogP contribution in [-0.4, -0.2) is 28.6 Å². The van der Waals surface area contributed by atoms with Gasteiger partial charge in [0.2, 0.25) is 5.91 Å². The molecule has 4 rings (SSSR count). The summed E-state index contributed by atoms with van der Waals surface area (Å²) in [6, 6.07) is 26.0. The fourth-order valence-corrected chi connectivity index (χ4v) is 4.03. The average molecular weight is 466 g/mol. The lowest BCUT2D eigenvalue weighted by Crippen LogP contribution is -2.24. The molecule has 1 amide bonds. The molecule has 0 aliphatic rings. The predicted octanol–water partition coefficient (Wildman–Crippen LogP) is 5.61. The van der Waals surface area contributed by atoms with Crippen molar-refractivity contribution in [2.45, 2.75) is 25.8 Å². The molecule has 0 aliphatic heterocycles. The number of carbonyl (C=O) groups excluding carboxylic acids is 1. The van der Waals surface area contributed by atoms with E-state index in [1.54, 1.807) is 6.08 Å². The smallest absolute Gasteiger partial charge is 0.244 e. The number of carbonyl (C=O) groups is 1. The fraction of sp³-hybridized carbons (Fsp3) is 0.200. The predicted molar refractivity (Wildman–Crippen MR) is 142 cm³/mol. The van der Waals surface area contributed by atoms with Crippen molar-refractivity contribution >= 4 is 23.0 Å². The van der Waals surface area contributed by atoms with Gasteiger partial charge in [-0.2, -0.15) is 0 Å². The summed E-state index contributed by atoms with van der Waals surface area (Å²) >= 11 is 0. The van der Waals surface area contributed by atoms with E-state index in [1.807, 2.05) is 78.9 Å². The molecule has 0 bridgehead atoms. The van der Waals surface area contributed by atoms with Crippen LogP contribution < -0.4 is 10.1 Å². The lowest BCUT2D eigenvalue weighted by atomic mass is 10.1. The van der Waals surface area contributed by atoms with Gasteiger partial charge in [0.25, 0.3) is 0 Å². The lowest BCUT2D eigenvalue weighted by Gasteiger charge is -2.12. The van der Waals surface area contributed by atoms with Crippen molar-refractivity contribution in [1.29, 1.82) is 0 Å². The molecule has 1 N–H and O–H groups in total. The Hall–Kier alpha value is -4.12. The van der Waals surface area contributed by atoms with E-state index in [9.17, 15) is 4.79 Å². The van der Waals surface area contributed by atoms with Crippen LogP contribution in [0.5, 0.6) is 5.75 Å². The van der Waals surface area contributed by atoms with E-state index in [0.29, 0.717) is 19.6 Å². The van der Waals surface area contributed by atoms with Gasteiger partial charge in [-0.15, -0.1) is 6.58 Å². The zero-order chi connectivity index (χ0) is 24.3. The van der Waals surface area contributed by atoms with Gasteiger partial charge >= 0.3 is 0 Å². The van der Waals surface area contributed by atoms with Crippen molar-refractivity contribution in [1.82, 2.24) is 14.9 Å². The van der Waals surface area contributed by atoms with E-state index in [0.717, 1.165) is 53.1 Å². The van der Waals surface area contributed by atoms with Crippen LogP contribution in [0.1, 0.15) is 23.4 Å². The Kier molecular flexibility index (Phi) is 8.49. The standard InChI is InChI=1S/C30H31N3O2/c1-2-11-25-14-6-9-17-28(25)35-23-10-22-33-27-16-8-7-15-26(27)32-29(33)20-21-31-30(34)19-18-24-12-4-3-5-13-24/h2-9,12-19H,1,10-11,20-23H2,(H,31,34)/b19-18+. The molecule has 4 aromatic rings. The van der Waals surface area contributed by atoms with Gasteiger partial charge in [-0.3, -0.25) is 4.79 Å². The summed E-state index contributed by atoms with van der Waals surface area (Å²) in [5.41, 5.74) is 4.21. The van der Waals surface area contributed by atoms with Crippen molar-refractivity contribution in [3.05, 3.63) is 115 Å². The molecule has 0 saturated carbocycles. The fourth-order valence-electron chi connectivity index (χ4n) is 4.03. The molecule has 35 heavy (non-hydrogen) atoms. The highest BCUT2D eigenvalue weighted by Gasteiger charge is 2.11. The Balaban J connectivity index is 1.34. The Morgan fingerprint density at radius 3 is 2.63 bits per heavy atom. The number of aryl methyl sites for hydroxylation is 1. The summed E-state index contributed by atoms with van der Waals surface area (Å²) in [5, 5.41) is 2.97. The maximum absolute atomic E-state index is 12.2.